The maximum Gasteiger partial charge on any atom is 0.250 e. The van der Waals surface area contributed by atoms with Crippen molar-refractivity contribution in [3.8, 4) is 5.75 Å². The fraction of sp³-hybridized carbons (Fsp3) is 0.593. The van der Waals surface area contributed by atoms with Crippen LogP contribution in [0.1, 0.15) is 30.4 Å². The Morgan fingerprint density at radius 1 is 1.14 bits per heavy atom. The largest absolute Gasteiger partial charge is 0.497 e. The number of nitrogens with zero attached hydrogens (tertiary/aromatic N) is 3. The monoisotopic (exact) mass is 534 g/mol. The second-order valence-corrected chi connectivity index (χ2v) is 12.1. The molecular formula is C27H42N4O5S. The molecule has 3 rings (SSSR count). The predicted octanol–water partition coefficient (Wildman–Crippen LogP) is 2.30. The number of likely N-dealkylation sites (tertiary alicyclic amines) is 1. The van der Waals surface area contributed by atoms with Crippen LogP contribution in [-0.4, -0.2) is 102 Å². The maximum absolute atomic E-state index is 13.1. The Bertz CT molecular complexity index is 1080. The van der Waals surface area contributed by atoms with Gasteiger partial charge in [-0.3, -0.25) is 9.69 Å². The molecular weight excluding hydrogens is 492 g/mol. The fourth-order valence-electron chi connectivity index (χ4n) is 5.00. The number of carbonyl (C=O) groups is 1. The summed E-state index contributed by atoms with van der Waals surface area (Å²) >= 11 is 0. The van der Waals surface area contributed by atoms with Gasteiger partial charge in [0.1, 0.15) is 12.4 Å². The Kier molecular flexibility index (Phi) is 10.3. The molecule has 1 N–H and O–H groups in total. The van der Waals surface area contributed by atoms with Crippen LogP contribution in [0.15, 0.2) is 41.0 Å². The molecule has 37 heavy (non-hydrogen) atoms. The molecule has 1 unspecified atom stereocenters. The highest BCUT2D eigenvalue weighted by Crippen LogP contribution is 2.27. The van der Waals surface area contributed by atoms with Crippen molar-refractivity contribution >= 4 is 15.9 Å². The van der Waals surface area contributed by atoms with Gasteiger partial charge in [-0.2, -0.15) is 4.31 Å². The molecule has 9 nitrogen and oxygen atoms in total. The van der Waals surface area contributed by atoms with Crippen molar-refractivity contribution in [2.75, 3.05) is 61.1 Å². The van der Waals surface area contributed by atoms with Crippen molar-refractivity contribution in [3.63, 3.8) is 0 Å². The lowest BCUT2D eigenvalue weighted by Crippen LogP contribution is -2.46. The molecule has 0 aromatic heterocycles. The number of likely N-dealkylation sites (N-methyl/N-ethyl adjacent to an activating group) is 1. The number of hydrogen-bond acceptors (Lipinski definition) is 7. The van der Waals surface area contributed by atoms with Crippen LogP contribution in [0.25, 0.3) is 0 Å². The third-order valence-corrected chi connectivity index (χ3v) is 9.31. The minimum atomic E-state index is -3.70. The average molecular weight is 535 g/mol. The van der Waals surface area contributed by atoms with Gasteiger partial charge in [-0.05, 0) is 82.6 Å². The Labute approximate surface area is 222 Å². The summed E-state index contributed by atoms with van der Waals surface area (Å²) < 4.78 is 38.2. The van der Waals surface area contributed by atoms with E-state index in [9.17, 15) is 13.2 Å². The Morgan fingerprint density at radius 2 is 1.78 bits per heavy atom. The zero-order valence-electron chi connectivity index (χ0n) is 23.0. The fourth-order valence-corrected chi connectivity index (χ4v) is 6.56. The van der Waals surface area contributed by atoms with E-state index < -0.39 is 10.0 Å². The maximum atomic E-state index is 13.1. The second kappa shape index (κ2) is 13.0. The van der Waals surface area contributed by atoms with Crippen molar-refractivity contribution in [1.82, 2.24) is 19.4 Å². The van der Waals surface area contributed by atoms with Crippen LogP contribution < -0.4 is 10.1 Å². The lowest BCUT2D eigenvalue weighted by molar-refractivity contribution is -0.124. The van der Waals surface area contributed by atoms with Gasteiger partial charge in [0, 0.05) is 44.5 Å². The van der Waals surface area contributed by atoms with Crippen LogP contribution in [0.3, 0.4) is 0 Å². The van der Waals surface area contributed by atoms with Gasteiger partial charge in [0.15, 0.2) is 0 Å². The third kappa shape index (κ3) is 7.64. The van der Waals surface area contributed by atoms with E-state index >= 15 is 0 Å². The van der Waals surface area contributed by atoms with Gasteiger partial charge in [0.05, 0.1) is 18.6 Å². The highest BCUT2D eigenvalue weighted by Gasteiger charge is 2.27. The van der Waals surface area contributed by atoms with Crippen molar-refractivity contribution in [2.24, 2.45) is 0 Å². The number of nitrogens with one attached hydrogen (secondary N) is 1. The van der Waals surface area contributed by atoms with Gasteiger partial charge in [0.2, 0.25) is 15.9 Å². The molecule has 0 saturated carbocycles. The van der Waals surface area contributed by atoms with Crippen molar-refractivity contribution in [1.29, 1.82) is 0 Å². The lowest BCUT2D eigenvalue weighted by atomic mass is 9.98. The quantitative estimate of drug-likeness (QED) is 0.436. The summed E-state index contributed by atoms with van der Waals surface area (Å²) in [5, 5.41) is 2.92. The zero-order valence-corrected chi connectivity index (χ0v) is 23.8. The summed E-state index contributed by atoms with van der Waals surface area (Å²) in [5.41, 5.74) is 2.03. The molecule has 1 atom stereocenters. The van der Waals surface area contributed by atoms with E-state index in [-0.39, 0.29) is 36.6 Å². The number of piperidine rings is 1. The molecule has 1 fully saturated rings. The molecule has 1 aromatic rings. The molecule has 0 spiro atoms. The lowest BCUT2D eigenvalue weighted by Gasteiger charge is -2.39. The van der Waals surface area contributed by atoms with Gasteiger partial charge >= 0.3 is 0 Å². The minimum Gasteiger partial charge on any atom is -0.497 e. The summed E-state index contributed by atoms with van der Waals surface area (Å²) in [7, 11) is 3.64. The first kappa shape index (κ1) is 29.3. The topological polar surface area (TPSA) is 91.4 Å². The molecule has 1 heterocycles. The third-order valence-electron chi connectivity index (χ3n) is 7.15. The van der Waals surface area contributed by atoms with Gasteiger partial charge in [-0.1, -0.05) is 6.08 Å². The van der Waals surface area contributed by atoms with Gasteiger partial charge < -0.3 is 19.7 Å². The summed E-state index contributed by atoms with van der Waals surface area (Å²) in [6.45, 7) is 5.70. The van der Waals surface area contributed by atoms with Crippen LogP contribution in [0.4, 0.5) is 0 Å². The van der Waals surface area contributed by atoms with Crippen LogP contribution >= 0.6 is 0 Å². The summed E-state index contributed by atoms with van der Waals surface area (Å²) in [5.74, 6) is 0.365. The normalized spacial score (nSPS) is 19.4. The summed E-state index contributed by atoms with van der Waals surface area (Å²) in [6.07, 6.45) is 9.39. The number of rotatable bonds is 11. The first-order chi connectivity index (χ1) is 17.5. The molecule has 0 radical (unpaired) electrons. The number of hydrogen-bond donors (Lipinski definition) is 1. The van der Waals surface area contributed by atoms with Crippen LogP contribution in [0.2, 0.25) is 0 Å². The number of methoxy groups -OCH3 is 1. The Hall–Kier alpha value is -2.24. The van der Waals surface area contributed by atoms with E-state index in [1.54, 1.807) is 33.1 Å². The van der Waals surface area contributed by atoms with Crippen molar-refractivity contribution < 1.29 is 22.7 Å². The molecule has 1 saturated heterocycles. The van der Waals surface area contributed by atoms with E-state index in [0.717, 1.165) is 38.0 Å². The molecule has 1 aliphatic heterocycles. The number of amides is 1. The number of sulfonamides is 1. The van der Waals surface area contributed by atoms with Gasteiger partial charge in [-0.15, -0.1) is 0 Å². The van der Waals surface area contributed by atoms with Crippen molar-refractivity contribution in [3.05, 3.63) is 47.2 Å². The Morgan fingerprint density at radius 3 is 2.38 bits per heavy atom. The number of aryl methyl sites for hydroxylation is 2. The molecule has 1 aliphatic carbocycles. The van der Waals surface area contributed by atoms with E-state index in [0.29, 0.717) is 22.9 Å². The number of ether oxygens (including phenoxy) is 2. The van der Waals surface area contributed by atoms with Gasteiger partial charge in [-0.25, -0.2) is 8.42 Å². The molecule has 206 valence electrons. The van der Waals surface area contributed by atoms with Gasteiger partial charge in [0.25, 0.3) is 0 Å². The molecule has 0 bridgehead atoms. The highest BCUT2D eigenvalue weighted by molar-refractivity contribution is 7.89. The smallest absolute Gasteiger partial charge is 0.250 e. The minimum absolute atomic E-state index is 0.107. The number of allylic oxidation sites excluding steroid dienone is 1. The molecule has 10 heteroatoms. The first-order valence-corrected chi connectivity index (χ1v) is 14.2. The number of benzene rings is 1. The van der Waals surface area contributed by atoms with E-state index in [1.165, 1.54) is 11.4 Å². The van der Waals surface area contributed by atoms with Crippen molar-refractivity contribution in [2.45, 2.75) is 50.1 Å². The Balaban J connectivity index is 1.45. The van der Waals surface area contributed by atoms with E-state index in [4.69, 9.17) is 9.47 Å². The first-order valence-electron chi connectivity index (χ1n) is 12.8. The second-order valence-electron chi connectivity index (χ2n) is 10.1. The predicted molar refractivity (Wildman–Crippen MR) is 145 cm³/mol. The standard InChI is InChI=1S/C27H42N4O5S/c1-20-16-25(35-6)17-21(2)27(20)37(33,34)30(5)14-15-36-19-26(32)28-22-8-7-9-24(18-22)31-12-10-23(11-13-31)29(3)4/h7-8,16-18,23-24H,9-15,19H2,1-6H3,(H,28,32). The van der Waals surface area contributed by atoms with E-state index in [2.05, 4.69) is 41.4 Å². The van der Waals surface area contributed by atoms with E-state index in [1.807, 2.05) is 6.08 Å². The number of carbonyl (C=O) groups excluding carboxylic acids is 1. The van der Waals surface area contributed by atoms with Crippen LogP contribution in [-0.2, 0) is 19.6 Å². The van der Waals surface area contributed by atoms with Crippen LogP contribution in [0.5, 0.6) is 5.75 Å². The highest BCUT2D eigenvalue weighted by atomic mass is 32.2. The zero-order chi connectivity index (χ0) is 27.2. The molecule has 1 aromatic carbocycles. The summed E-state index contributed by atoms with van der Waals surface area (Å²) in [6, 6.07) is 4.33. The molecule has 2 aliphatic rings. The van der Waals surface area contributed by atoms with Crippen LogP contribution in [0, 0.1) is 13.8 Å². The molecule has 1 amide bonds. The SMILES string of the molecule is COc1cc(C)c(S(=O)(=O)N(C)CCOCC(=O)NC2=CC(N3CCC(N(C)C)CC3)CC=C2)c(C)c1. The average Bonchev–Trinajstić information content (AvgIpc) is 2.86. The summed E-state index contributed by atoms with van der Waals surface area (Å²) in [4.78, 5) is 17.5.